The summed E-state index contributed by atoms with van der Waals surface area (Å²) in [5.74, 6) is -0.216. The molecule has 0 spiro atoms. The molecule has 0 unspecified atom stereocenters. The Balaban J connectivity index is 1.88. The quantitative estimate of drug-likeness (QED) is 0.521. The van der Waals surface area contributed by atoms with E-state index in [4.69, 9.17) is 14.2 Å². The molecular formula is C20H25N3O6S. The molecule has 1 aromatic heterocycles. The van der Waals surface area contributed by atoms with Crippen molar-refractivity contribution in [1.29, 1.82) is 0 Å². The van der Waals surface area contributed by atoms with Crippen molar-refractivity contribution in [3.05, 3.63) is 34.8 Å². The lowest BCUT2D eigenvalue weighted by molar-refractivity contribution is -0.142. The number of amides is 2. The number of nitrogens with one attached hydrogen (secondary N) is 2. The molecule has 2 aromatic rings. The van der Waals surface area contributed by atoms with Crippen molar-refractivity contribution in [2.24, 2.45) is 0 Å². The number of hydrogen-bond donors (Lipinski definition) is 2. The lowest BCUT2D eigenvalue weighted by atomic mass is 10.2. The Kier molecular flexibility index (Phi) is 9.07. The van der Waals surface area contributed by atoms with Crippen LogP contribution in [0.3, 0.4) is 0 Å². The lowest BCUT2D eigenvalue weighted by Gasteiger charge is -2.12. The van der Waals surface area contributed by atoms with Gasteiger partial charge in [0.2, 0.25) is 5.91 Å². The molecule has 2 rings (SSSR count). The van der Waals surface area contributed by atoms with Crippen LogP contribution in [0.15, 0.2) is 23.6 Å². The van der Waals surface area contributed by atoms with Crippen LogP contribution < -0.4 is 20.1 Å². The van der Waals surface area contributed by atoms with E-state index in [-0.39, 0.29) is 18.9 Å². The van der Waals surface area contributed by atoms with Crippen LogP contribution in [0.5, 0.6) is 11.5 Å². The molecule has 0 bridgehead atoms. The van der Waals surface area contributed by atoms with Crippen LogP contribution >= 0.6 is 11.3 Å². The summed E-state index contributed by atoms with van der Waals surface area (Å²) in [5, 5.41) is 7.15. The van der Waals surface area contributed by atoms with Crippen LogP contribution in [-0.2, 0) is 20.7 Å². The SMILES string of the molecule is CCOC(=O)Cc1csc(NC(=O)CNC(=O)c2ccc(OCC)c(OCC)c2)n1. The monoisotopic (exact) mass is 435 g/mol. The largest absolute Gasteiger partial charge is 0.490 e. The van der Waals surface area contributed by atoms with Crippen molar-refractivity contribution < 1.29 is 28.6 Å². The summed E-state index contributed by atoms with van der Waals surface area (Å²) in [6.07, 6.45) is 0.0385. The summed E-state index contributed by atoms with van der Waals surface area (Å²) < 4.78 is 15.8. The number of carbonyl (C=O) groups excluding carboxylic acids is 3. The van der Waals surface area contributed by atoms with Crippen LogP contribution in [0.1, 0.15) is 36.8 Å². The highest BCUT2D eigenvalue weighted by Crippen LogP contribution is 2.28. The van der Waals surface area contributed by atoms with Crippen molar-refractivity contribution >= 4 is 34.3 Å². The second-order valence-corrected chi connectivity index (χ2v) is 6.74. The predicted molar refractivity (Wildman–Crippen MR) is 112 cm³/mol. The van der Waals surface area contributed by atoms with Crippen molar-refractivity contribution in [3.63, 3.8) is 0 Å². The number of benzene rings is 1. The molecule has 0 saturated heterocycles. The molecule has 30 heavy (non-hydrogen) atoms. The molecular weight excluding hydrogens is 410 g/mol. The van der Waals surface area contributed by atoms with Gasteiger partial charge in [0.15, 0.2) is 16.6 Å². The van der Waals surface area contributed by atoms with Crippen LogP contribution in [-0.4, -0.2) is 49.1 Å². The maximum absolute atomic E-state index is 12.4. The average Bonchev–Trinajstić information content (AvgIpc) is 3.14. The molecule has 1 aromatic carbocycles. The fourth-order valence-electron chi connectivity index (χ4n) is 2.42. The number of nitrogens with zero attached hydrogens (tertiary/aromatic N) is 1. The van der Waals surface area contributed by atoms with E-state index in [9.17, 15) is 14.4 Å². The average molecular weight is 436 g/mol. The number of esters is 1. The molecule has 0 aliphatic carbocycles. The normalized spacial score (nSPS) is 10.2. The minimum Gasteiger partial charge on any atom is -0.490 e. The molecule has 10 heteroatoms. The topological polar surface area (TPSA) is 116 Å². The van der Waals surface area contributed by atoms with Crippen molar-refractivity contribution in [2.45, 2.75) is 27.2 Å². The Morgan fingerprint density at radius 2 is 1.77 bits per heavy atom. The number of ether oxygens (including phenoxy) is 3. The lowest BCUT2D eigenvalue weighted by Crippen LogP contribution is -2.32. The third-order valence-electron chi connectivity index (χ3n) is 3.64. The van der Waals surface area contributed by atoms with Gasteiger partial charge >= 0.3 is 5.97 Å². The summed E-state index contributed by atoms with van der Waals surface area (Å²) >= 11 is 1.19. The van der Waals surface area contributed by atoms with E-state index in [1.54, 1.807) is 30.5 Å². The van der Waals surface area contributed by atoms with Crippen LogP contribution in [0, 0.1) is 0 Å². The Bertz CT molecular complexity index is 883. The third-order valence-corrected chi connectivity index (χ3v) is 4.45. The third kappa shape index (κ3) is 7.03. The van der Waals surface area contributed by atoms with E-state index in [0.717, 1.165) is 0 Å². The van der Waals surface area contributed by atoms with E-state index in [0.29, 0.717) is 47.7 Å². The zero-order valence-electron chi connectivity index (χ0n) is 17.1. The minimum absolute atomic E-state index is 0.0385. The number of carbonyl (C=O) groups is 3. The summed E-state index contributed by atoms with van der Waals surface area (Å²) in [6, 6.07) is 4.83. The highest BCUT2D eigenvalue weighted by atomic mass is 32.1. The van der Waals surface area contributed by atoms with Crippen molar-refractivity contribution in [2.75, 3.05) is 31.7 Å². The molecule has 9 nitrogen and oxygen atoms in total. The molecule has 0 saturated carbocycles. The zero-order chi connectivity index (χ0) is 21.9. The fraction of sp³-hybridized carbons (Fsp3) is 0.400. The van der Waals surface area contributed by atoms with Crippen LogP contribution in [0.2, 0.25) is 0 Å². The van der Waals surface area contributed by atoms with Gasteiger partial charge in [-0.1, -0.05) is 0 Å². The molecule has 2 N–H and O–H groups in total. The number of hydrogen-bond acceptors (Lipinski definition) is 8. The first-order chi connectivity index (χ1) is 14.5. The molecule has 1 heterocycles. The molecule has 0 atom stereocenters. The Morgan fingerprint density at radius 1 is 1.03 bits per heavy atom. The standard InChI is InChI=1S/C20H25N3O6S/c1-4-27-15-8-7-13(9-16(15)28-5-2)19(26)21-11-17(24)23-20-22-14(12-30-20)10-18(25)29-6-3/h7-9,12H,4-6,10-11H2,1-3H3,(H,21,26)(H,22,23,24). The zero-order valence-corrected chi connectivity index (χ0v) is 18.0. The summed E-state index contributed by atoms with van der Waals surface area (Å²) in [4.78, 5) is 40.1. The maximum Gasteiger partial charge on any atom is 0.311 e. The molecule has 0 fully saturated rings. The molecule has 2 amide bonds. The highest BCUT2D eigenvalue weighted by molar-refractivity contribution is 7.13. The van der Waals surface area contributed by atoms with Gasteiger partial charge in [-0.25, -0.2) is 4.98 Å². The predicted octanol–water partition coefficient (Wildman–Crippen LogP) is 2.41. The Hall–Kier alpha value is -3.14. The van der Waals surface area contributed by atoms with Crippen LogP contribution in [0.25, 0.3) is 0 Å². The highest BCUT2D eigenvalue weighted by Gasteiger charge is 2.14. The second kappa shape index (κ2) is 11.8. The second-order valence-electron chi connectivity index (χ2n) is 5.88. The molecule has 162 valence electrons. The first-order valence-corrected chi connectivity index (χ1v) is 10.4. The van der Waals surface area contributed by atoms with Gasteiger partial charge in [0, 0.05) is 10.9 Å². The first kappa shape index (κ1) is 23.1. The first-order valence-electron chi connectivity index (χ1n) is 9.54. The van der Waals surface area contributed by atoms with Gasteiger partial charge < -0.3 is 24.8 Å². The minimum atomic E-state index is -0.434. The molecule has 0 aliphatic rings. The fourth-order valence-corrected chi connectivity index (χ4v) is 3.15. The van der Waals surface area contributed by atoms with Crippen molar-refractivity contribution in [3.8, 4) is 11.5 Å². The van der Waals surface area contributed by atoms with Gasteiger partial charge in [-0.15, -0.1) is 11.3 Å². The number of thiazole rings is 1. The van der Waals surface area contributed by atoms with Gasteiger partial charge in [0.25, 0.3) is 5.91 Å². The van der Waals surface area contributed by atoms with E-state index in [1.807, 2.05) is 13.8 Å². The summed E-state index contributed by atoms with van der Waals surface area (Å²) in [7, 11) is 0. The summed E-state index contributed by atoms with van der Waals surface area (Å²) in [5.41, 5.74) is 0.858. The van der Waals surface area contributed by atoms with Gasteiger partial charge in [-0.3, -0.25) is 14.4 Å². The number of aromatic nitrogens is 1. The van der Waals surface area contributed by atoms with E-state index in [1.165, 1.54) is 11.3 Å². The van der Waals surface area contributed by atoms with Gasteiger partial charge in [0.1, 0.15) is 0 Å². The smallest absolute Gasteiger partial charge is 0.311 e. The Morgan fingerprint density at radius 3 is 2.47 bits per heavy atom. The van der Waals surface area contributed by atoms with Gasteiger partial charge in [-0.05, 0) is 39.0 Å². The number of rotatable bonds is 11. The van der Waals surface area contributed by atoms with Crippen LogP contribution in [0.4, 0.5) is 5.13 Å². The maximum atomic E-state index is 12.4. The van der Waals surface area contributed by atoms with E-state index >= 15 is 0 Å². The summed E-state index contributed by atoms with van der Waals surface area (Å²) in [6.45, 7) is 6.39. The van der Waals surface area contributed by atoms with Gasteiger partial charge in [-0.2, -0.15) is 0 Å². The molecule has 0 aliphatic heterocycles. The van der Waals surface area contributed by atoms with E-state index < -0.39 is 11.8 Å². The molecule has 0 radical (unpaired) electrons. The Labute approximate surface area is 178 Å². The van der Waals surface area contributed by atoms with Crippen molar-refractivity contribution in [1.82, 2.24) is 10.3 Å². The van der Waals surface area contributed by atoms with Gasteiger partial charge in [0.05, 0.1) is 38.5 Å². The van der Waals surface area contributed by atoms with E-state index in [2.05, 4.69) is 15.6 Å². The number of anilines is 1.